The normalized spacial score (nSPS) is 10.4. The van der Waals surface area contributed by atoms with Crippen LogP contribution in [-0.4, -0.2) is 43.5 Å². The Morgan fingerprint density at radius 2 is 1.93 bits per heavy atom. The smallest absolute Gasteiger partial charge is 0.255 e. The lowest BCUT2D eigenvalue weighted by Gasteiger charge is -2.21. The van der Waals surface area contributed by atoms with Gasteiger partial charge in [0.1, 0.15) is 11.6 Å². The molecule has 2 rings (SSSR count). The minimum atomic E-state index is -0.679. The fraction of sp³-hybridized carbons (Fsp3) is 0.300. The number of carbonyl (C=O) groups excluding carboxylic acids is 2. The van der Waals surface area contributed by atoms with Gasteiger partial charge in [-0.1, -0.05) is 29.8 Å². The van der Waals surface area contributed by atoms with Gasteiger partial charge in [-0.2, -0.15) is 0 Å². The maximum absolute atomic E-state index is 13.8. The van der Waals surface area contributed by atoms with Crippen LogP contribution in [0.1, 0.15) is 22.8 Å². The van der Waals surface area contributed by atoms with Crippen LogP contribution in [0.25, 0.3) is 0 Å². The summed E-state index contributed by atoms with van der Waals surface area (Å²) in [7, 11) is 1.60. The van der Waals surface area contributed by atoms with E-state index in [-0.39, 0.29) is 23.0 Å². The highest BCUT2D eigenvalue weighted by Gasteiger charge is 2.16. The molecule has 0 saturated heterocycles. The molecule has 0 radical (unpaired) electrons. The van der Waals surface area contributed by atoms with E-state index in [9.17, 15) is 14.0 Å². The molecule has 2 amide bonds. The van der Waals surface area contributed by atoms with Gasteiger partial charge in [0.15, 0.2) is 0 Å². The van der Waals surface area contributed by atoms with E-state index in [1.807, 2.05) is 24.3 Å². The van der Waals surface area contributed by atoms with E-state index in [1.54, 1.807) is 12.0 Å². The lowest BCUT2D eigenvalue weighted by Crippen LogP contribution is -2.38. The molecular weight excluding hydrogens is 371 g/mol. The van der Waals surface area contributed by atoms with Crippen LogP contribution in [0, 0.1) is 5.82 Å². The average molecular weight is 393 g/mol. The topological polar surface area (TPSA) is 58.6 Å². The molecule has 0 spiro atoms. The zero-order valence-electron chi connectivity index (χ0n) is 15.3. The molecule has 0 aliphatic carbocycles. The molecule has 27 heavy (non-hydrogen) atoms. The highest BCUT2D eigenvalue weighted by atomic mass is 35.5. The standard InChI is InChI=1S/C20H22ClFN2O3/c1-14(25)24(11-9-15-5-3-6-16(13-15)27-2)12-10-23-20(26)19-17(21)7-4-8-18(19)22/h3-8,13H,9-12H2,1-2H3,(H,23,26). The number of hydrogen-bond acceptors (Lipinski definition) is 3. The summed E-state index contributed by atoms with van der Waals surface area (Å²) in [6.45, 7) is 2.48. The van der Waals surface area contributed by atoms with Gasteiger partial charge in [0.2, 0.25) is 5.91 Å². The second-order valence-corrected chi connectivity index (χ2v) is 6.37. The van der Waals surface area contributed by atoms with E-state index in [0.29, 0.717) is 19.5 Å². The number of rotatable bonds is 8. The Kier molecular flexibility index (Phi) is 7.61. The maximum atomic E-state index is 13.8. The third kappa shape index (κ3) is 5.96. The second-order valence-electron chi connectivity index (χ2n) is 5.96. The number of nitrogens with zero attached hydrogens (tertiary/aromatic N) is 1. The molecule has 0 heterocycles. The van der Waals surface area contributed by atoms with Gasteiger partial charge in [-0.25, -0.2) is 4.39 Å². The third-order valence-corrected chi connectivity index (χ3v) is 4.42. The molecule has 0 saturated carbocycles. The number of ether oxygens (including phenoxy) is 1. The van der Waals surface area contributed by atoms with E-state index in [1.165, 1.54) is 25.1 Å². The van der Waals surface area contributed by atoms with Crippen molar-refractivity contribution in [2.45, 2.75) is 13.3 Å². The van der Waals surface area contributed by atoms with Crippen LogP contribution in [0.2, 0.25) is 5.02 Å². The summed E-state index contributed by atoms with van der Waals surface area (Å²) in [4.78, 5) is 25.6. The van der Waals surface area contributed by atoms with Crippen LogP contribution in [0.4, 0.5) is 4.39 Å². The molecule has 0 aliphatic heterocycles. The Hall–Kier alpha value is -2.60. The molecule has 0 unspecified atom stereocenters. The van der Waals surface area contributed by atoms with Crippen LogP contribution in [-0.2, 0) is 11.2 Å². The lowest BCUT2D eigenvalue weighted by molar-refractivity contribution is -0.128. The Morgan fingerprint density at radius 3 is 2.59 bits per heavy atom. The molecule has 5 nitrogen and oxygen atoms in total. The summed E-state index contributed by atoms with van der Waals surface area (Å²) in [6.07, 6.45) is 0.657. The minimum absolute atomic E-state index is 0.0500. The summed E-state index contributed by atoms with van der Waals surface area (Å²) < 4.78 is 19.0. The zero-order valence-corrected chi connectivity index (χ0v) is 16.1. The fourth-order valence-corrected chi connectivity index (χ4v) is 2.88. The van der Waals surface area contributed by atoms with Crippen LogP contribution < -0.4 is 10.1 Å². The summed E-state index contributed by atoms with van der Waals surface area (Å²) in [5.74, 6) is -0.622. The van der Waals surface area contributed by atoms with Gasteiger partial charge < -0.3 is 15.0 Å². The lowest BCUT2D eigenvalue weighted by atomic mass is 10.1. The molecule has 1 N–H and O–H groups in total. The molecule has 0 aliphatic rings. The van der Waals surface area contributed by atoms with Crippen molar-refractivity contribution < 1.29 is 18.7 Å². The van der Waals surface area contributed by atoms with E-state index >= 15 is 0 Å². The van der Waals surface area contributed by atoms with E-state index in [2.05, 4.69) is 5.32 Å². The second kappa shape index (κ2) is 9.92. The van der Waals surface area contributed by atoms with Gasteiger partial charge in [-0.15, -0.1) is 0 Å². The average Bonchev–Trinajstić information content (AvgIpc) is 2.64. The van der Waals surface area contributed by atoms with Crippen LogP contribution in [0.5, 0.6) is 5.75 Å². The molecular formula is C20H22ClFN2O3. The van der Waals surface area contributed by atoms with Gasteiger partial charge in [-0.3, -0.25) is 9.59 Å². The number of hydrogen-bond donors (Lipinski definition) is 1. The molecule has 0 fully saturated rings. The zero-order chi connectivity index (χ0) is 19.8. The van der Waals surface area contributed by atoms with Crippen molar-refractivity contribution in [1.82, 2.24) is 10.2 Å². The predicted octanol–water partition coefficient (Wildman–Crippen LogP) is 3.31. The van der Waals surface area contributed by atoms with Crippen LogP contribution in [0.15, 0.2) is 42.5 Å². The summed E-state index contributed by atoms with van der Waals surface area (Å²) in [5.41, 5.74) is 0.854. The molecule has 2 aromatic carbocycles. The van der Waals surface area contributed by atoms with Crippen molar-refractivity contribution in [2.24, 2.45) is 0 Å². The van der Waals surface area contributed by atoms with Crippen LogP contribution in [0.3, 0.4) is 0 Å². The van der Waals surface area contributed by atoms with Gasteiger partial charge in [-0.05, 0) is 36.2 Å². The van der Waals surface area contributed by atoms with Gasteiger partial charge in [0.25, 0.3) is 5.91 Å². The first-order valence-corrected chi connectivity index (χ1v) is 8.91. The summed E-state index contributed by atoms with van der Waals surface area (Å²) in [6, 6.07) is 11.7. The Labute approximate surface area is 163 Å². The van der Waals surface area contributed by atoms with Crippen molar-refractivity contribution in [2.75, 3.05) is 26.7 Å². The van der Waals surface area contributed by atoms with E-state index in [4.69, 9.17) is 16.3 Å². The van der Waals surface area contributed by atoms with Gasteiger partial charge in [0.05, 0.1) is 17.7 Å². The van der Waals surface area contributed by atoms with Crippen LogP contribution >= 0.6 is 11.6 Å². The molecule has 0 atom stereocenters. The van der Waals surface area contributed by atoms with Crippen molar-refractivity contribution in [3.63, 3.8) is 0 Å². The largest absolute Gasteiger partial charge is 0.497 e. The van der Waals surface area contributed by atoms with Crippen molar-refractivity contribution in [3.05, 3.63) is 64.4 Å². The number of methoxy groups -OCH3 is 1. The molecule has 144 valence electrons. The predicted molar refractivity (Wildman–Crippen MR) is 103 cm³/mol. The first kappa shape index (κ1) is 20.7. The molecule has 7 heteroatoms. The maximum Gasteiger partial charge on any atom is 0.255 e. The summed E-state index contributed by atoms with van der Waals surface area (Å²) in [5, 5.41) is 2.66. The summed E-state index contributed by atoms with van der Waals surface area (Å²) >= 11 is 5.88. The molecule has 0 bridgehead atoms. The Morgan fingerprint density at radius 1 is 1.19 bits per heavy atom. The minimum Gasteiger partial charge on any atom is -0.497 e. The highest BCUT2D eigenvalue weighted by molar-refractivity contribution is 6.33. The van der Waals surface area contributed by atoms with Crippen molar-refractivity contribution in [1.29, 1.82) is 0 Å². The van der Waals surface area contributed by atoms with Gasteiger partial charge >= 0.3 is 0 Å². The number of benzene rings is 2. The number of carbonyl (C=O) groups is 2. The number of halogens is 2. The third-order valence-electron chi connectivity index (χ3n) is 4.11. The Bertz CT molecular complexity index is 793. The fourth-order valence-electron chi connectivity index (χ4n) is 2.63. The SMILES string of the molecule is COc1cccc(CCN(CCNC(=O)c2c(F)cccc2Cl)C(C)=O)c1. The monoisotopic (exact) mass is 392 g/mol. The number of amides is 2. The quantitative estimate of drug-likeness (QED) is 0.749. The highest BCUT2D eigenvalue weighted by Crippen LogP contribution is 2.18. The van der Waals surface area contributed by atoms with E-state index in [0.717, 1.165) is 11.3 Å². The van der Waals surface area contributed by atoms with Crippen molar-refractivity contribution in [3.8, 4) is 5.75 Å². The van der Waals surface area contributed by atoms with E-state index < -0.39 is 11.7 Å². The first-order valence-electron chi connectivity index (χ1n) is 8.53. The van der Waals surface area contributed by atoms with Gasteiger partial charge in [0, 0.05) is 26.6 Å². The Balaban J connectivity index is 1.89. The number of nitrogens with one attached hydrogen (secondary N) is 1. The molecule has 0 aromatic heterocycles. The first-order chi connectivity index (χ1) is 12.9. The molecule has 2 aromatic rings. The van der Waals surface area contributed by atoms with Crippen molar-refractivity contribution >= 4 is 23.4 Å².